The third kappa shape index (κ3) is 7.11. The molecule has 4 rings (SSSR count). The zero-order valence-corrected chi connectivity index (χ0v) is 20.6. The van der Waals surface area contributed by atoms with E-state index < -0.39 is 18.9 Å². The standard InChI is InChI=1S/C26H28N4O5S/c27-24(28)19-10-6-17(7-11-19)18-8-12-20(13-9-18)25-30-29-22(36-25)14-15-23(31)33-16-34-26(32)35-21-4-2-1-3-5-21/h6-13,21H,1-5,14-16H2,(H3,27,28). The fourth-order valence-electron chi connectivity index (χ4n) is 3.90. The molecule has 1 aliphatic rings. The molecule has 0 bridgehead atoms. The second-order valence-electron chi connectivity index (χ2n) is 8.48. The van der Waals surface area contributed by atoms with Gasteiger partial charge in [-0.05, 0) is 36.8 Å². The van der Waals surface area contributed by atoms with Crippen molar-refractivity contribution in [1.82, 2.24) is 10.2 Å². The molecule has 0 amide bonds. The van der Waals surface area contributed by atoms with Crippen LogP contribution in [0.3, 0.4) is 0 Å². The van der Waals surface area contributed by atoms with E-state index in [1.807, 2.05) is 48.5 Å². The molecule has 1 aromatic heterocycles. The van der Waals surface area contributed by atoms with Crippen LogP contribution in [0.1, 0.15) is 49.1 Å². The first-order valence-electron chi connectivity index (χ1n) is 11.8. The summed E-state index contributed by atoms with van der Waals surface area (Å²) < 4.78 is 15.0. The van der Waals surface area contributed by atoms with Gasteiger partial charge in [-0.25, -0.2) is 4.79 Å². The quantitative estimate of drug-likeness (QED) is 0.177. The summed E-state index contributed by atoms with van der Waals surface area (Å²) in [5, 5.41) is 17.4. The maximum Gasteiger partial charge on any atom is 0.511 e. The fourth-order valence-corrected chi connectivity index (χ4v) is 4.74. The molecular weight excluding hydrogens is 480 g/mol. The van der Waals surface area contributed by atoms with Crippen molar-refractivity contribution in [3.8, 4) is 21.7 Å². The fraction of sp³-hybridized carbons (Fsp3) is 0.346. The number of nitrogens with two attached hydrogens (primary N) is 1. The Hall–Kier alpha value is -3.79. The summed E-state index contributed by atoms with van der Waals surface area (Å²) in [6, 6.07) is 15.4. The Balaban J connectivity index is 1.21. The Kier molecular flexibility index (Phi) is 8.62. The van der Waals surface area contributed by atoms with Crippen molar-refractivity contribution in [1.29, 1.82) is 5.41 Å². The largest absolute Gasteiger partial charge is 0.511 e. The van der Waals surface area contributed by atoms with Gasteiger partial charge in [-0.15, -0.1) is 10.2 Å². The average Bonchev–Trinajstić information content (AvgIpc) is 3.37. The number of hydrogen-bond donors (Lipinski definition) is 2. The Bertz CT molecular complexity index is 1190. The van der Waals surface area contributed by atoms with Gasteiger partial charge in [0, 0.05) is 17.5 Å². The summed E-state index contributed by atoms with van der Waals surface area (Å²) in [6.07, 6.45) is 4.51. The molecule has 188 valence electrons. The normalized spacial score (nSPS) is 13.7. The lowest BCUT2D eigenvalue weighted by Gasteiger charge is -2.21. The molecular formula is C26H28N4O5S. The highest BCUT2D eigenvalue weighted by Crippen LogP contribution is 2.28. The van der Waals surface area contributed by atoms with E-state index in [9.17, 15) is 9.59 Å². The Morgan fingerprint density at radius 3 is 2.22 bits per heavy atom. The molecule has 3 N–H and O–H groups in total. The number of hydrogen-bond acceptors (Lipinski definition) is 9. The van der Waals surface area contributed by atoms with E-state index in [4.69, 9.17) is 25.4 Å². The minimum Gasteiger partial charge on any atom is -0.431 e. The molecule has 3 aromatic rings. The third-order valence-electron chi connectivity index (χ3n) is 5.88. The predicted molar refractivity (Wildman–Crippen MR) is 136 cm³/mol. The smallest absolute Gasteiger partial charge is 0.431 e. The van der Waals surface area contributed by atoms with Gasteiger partial charge in [0.05, 0.1) is 6.42 Å². The number of nitrogens with one attached hydrogen (secondary N) is 1. The molecule has 0 unspecified atom stereocenters. The minimum absolute atomic E-state index is 0.0418. The second-order valence-corrected chi connectivity index (χ2v) is 9.54. The van der Waals surface area contributed by atoms with Gasteiger partial charge in [0.2, 0.25) is 6.79 Å². The Morgan fingerprint density at radius 2 is 1.56 bits per heavy atom. The summed E-state index contributed by atoms with van der Waals surface area (Å²) in [6.45, 7) is -0.463. The molecule has 1 fully saturated rings. The van der Waals surface area contributed by atoms with Crippen molar-refractivity contribution in [2.45, 2.75) is 51.0 Å². The van der Waals surface area contributed by atoms with Gasteiger partial charge in [0.1, 0.15) is 22.0 Å². The third-order valence-corrected chi connectivity index (χ3v) is 6.91. The van der Waals surface area contributed by atoms with Crippen LogP contribution in [0.5, 0.6) is 0 Å². The van der Waals surface area contributed by atoms with Gasteiger partial charge in [-0.2, -0.15) is 0 Å². The number of ether oxygens (including phenoxy) is 3. The van der Waals surface area contributed by atoms with Crippen molar-refractivity contribution < 1.29 is 23.8 Å². The number of rotatable bonds is 9. The zero-order chi connectivity index (χ0) is 25.3. The number of aryl methyl sites for hydroxylation is 1. The van der Waals surface area contributed by atoms with Crippen LogP contribution in [-0.4, -0.2) is 41.1 Å². The van der Waals surface area contributed by atoms with E-state index in [0.29, 0.717) is 17.0 Å². The van der Waals surface area contributed by atoms with Gasteiger partial charge in [0.15, 0.2) is 0 Å². The molecule has 0 aliphatic heterocycles. The van der Waals surface area contributed by atoms with E-state index >= 15 is 0 Å². The van der Waals surface area contributed by atoms with Crippen LogP contribution in [0.25, 0.3) is 21.7 Å². The van der Waals surface area contributed by atoms with Gasteiger partial charge >= 0.3 is 12.1 Å². The monoisotopic (exact) mass is 508 g/mol. The summed E-state index contributed by atoms with van der Waals surface area (Å²) in [7, 11) is 0. The molecule has 0 atom stereocenters. The highest BCUT2D eigenvalue weighted by atomic mass is 32.1. The first kappa shape index (κ1) is 25.3. The molecule has 0 radical (unpaired) electrons. The number of carbonyl (C=O) groups excluding carboxylic acids is 2. The van der Waals surface area contributed by atoms with E-state index in [-0.39, 0.29) is 18.4 Å². The van der Waals surface area contributed by atoms with Crippen LogP contribution >= 0.6 is 11.3 Å². The number of amidine groups is 1. The number of esters is 1. The number of nitrogens with zero attached hydrogens (tertiary/aromatic N) is 2. The van der Waals surface area contributed by atoms with Gasteiger partial charge in [-0.1, -0.05) is 66.3 Å². The molecule has 0 spiro atoms. The SMILES string of the molecule is N=C(N)c1ccc(-c2ccc(-c3nnc(CCC(=O)OCOC(=O)OC4CCCCC4)s3)cc2)cc1. The molecule has 2 aromatic carbocycles. The van der Waals surface area contributed by atoms with Gasteiger partial charge in [-0.3, -0.25) is 10.2 Å². The minimum atomic E-state index is -0.803. The number of aromatic nitrogens is 2. The Morgan fingerprint density at radius 1 is 0.917 bits per heavy atom. The average molecular weight is 509 g/mol. The molecule has 10 heteroatoms. The first-order chi connectivity index (χ1) is 17.5. The van der Waals surface area contributed by atoms with E-state index in [1.165, 1.54) is 11.3 Å². The summed E-state index contributed by atoms with van der Waals surface area (Å²) >= 11 is 1.41. The first-order valence-corrected chi connectivity index (χ1v) is 12.7. The van der Waals surface area contributed by atoms with Crippen LogP contribution in [-0.2, 0) is 25.4 Å². The maximum absolute atomic E-state index is 12.0. The molecule has 9 nitrogen and oxygen atoms in total. The maximum atomic E-state index is 12.0. The van der Waals surface area contributed by atoms with Crippen LogP contribution in [0.4, 0.5) is 4.79 Å². The van der Waals surface area contributed by atoms with Gasteiger partial charge in [0.25, 0.3) is 0 Å². The van der Waals surface area contributed by atoms with Crippen molar-refractivity contribution in [3.05, 3.63) is 59.1 Å². The highest BCUT2D eigenvalue weighted by molar-refractivity contribution is 7.14. The number of nitrogen functional groups attached to an aromatic ring is 1. The topological polar surface area (TPSA) is 137 Å². The van der Waals surface area contributed by atoms with Crippen molar-refractivity contribution in [2.75, 3.05) is 6.79 Å². The molecule has 1 saturated carbocycles. The number of carbonyl (C=O) groups is 2. The summed E-state index contributed by atoms with van der Waals surface area (Å²) in [5.41, 5.74) is 9.18. The van der Waals surface area contributed by atoms with Crippen molar-refractivity contribution >= 4 is 29.3 Å². The molecule has 36 heavy (non-hydrogen) atoms. The summed E-state index contributed by atoms with van der Waals surface area (Å²) in [5.74, 6) is -0.447. The van der Waals surface area contributed by atoms with Crippen LogP contribution in [0.15, 0.2) is 48.5 Å². The van der Waals surface area contributed by atoms with Gasteiger partial charge < -0.3 is 19.9 Å². The predicted octanol–water partition coefficient (Wildman–Crippen LogP) is 5.08. The highest BCUT2D eigenvalue weighted by Gasteiger charge is 2.19. The molecule has 0 saturated heterocycles. The van der Waals surface area contributed by atoms with E-state index in [2.05, 4.69) is 10.2 Å². The van der Waals surface area contributed by atoms with Crippen LogP contribution < -0.4 is 5.73 Å². The lowest BCUT2D eigenvalue weighted by Crippen LogP contribution is -2.22. The van der Waals surface area contributed by atoms with Crippen LogP contribution in [0, 0.1) is 5.41 Å². The van der Waals surface area contributed by atoms with E-state index in [0.717, 1.165) is 53.8 Å². The molecule has 1 aliphatic carbocycles. The number of benzene rings is 2. The van der Waals surface area contributed by atoms with E-state index in [1.54, 1.807) is 0 Å². The lowest BCUT2D eigenvalue weighted by atomic mass is 9.98. The zero-order valence-electron chi connectivity index (χ0n) is 19.8. The second kappa shape index (κ2) is 12.3. The lowest BCUT2D eigenvalue weighted by molar-refractivity contribution is -0.153. The molecule has 1 heterocycles. The van der Waals surface area contributed by atoms with Crippen molar-refractivity contribution in [2.24, 2.45) is 5.73 Å². The van der Waals surface area contributed by atoms with Crippen LogP contribution in [0.2, 0.25) is 0 Å². The summed E-state index contributed by atoms with van der Waals surface area (Å²) in [4.78, 5) is 23.7. The van der Waals surface area contributed by atoms with Crippen molar-refractivity contribution in [3.63, 3.8) is 0 Å². The Labute approximate surface area is 213 Å².